The Morgan fingerprint density at radius 2 is 2.13 bits per heavy atom. The van der Waals surface area contributed by atoms with E-state index in [0.717, 1.165) is 11.3 Å². The van der Waals surface area contributed by atoms with Crippen LogP contribution in [0.4, 0.5) is 16.4 Å². The number of ether oxygens (including phenoxy) is 1. The summed E-state index contributed by atoms with van der Waals surface area (Å²) in [5.41, 5.74) is 0.492. The summed E-state index contributed by atoms with van der Waals surface area (Å²) in [6.07, 6.45) is 0.751. The zero-order valence-corrected chi connectivity index (χ0v) is 14.2. The monoisotopic (exact) mass is 354 g/mol. The highest BCUT2D eigenvalue weighted by molar-refractivity contribution is 7.16. The van der Waals surface area contributed by atoms with Gasteiger partial charge in [-0.2, -0.15) is 0 Å². The van der Waals surface area contributed by atoms with E-state index in [9.17, 15) is 14.9 Å². The molecule has 1 heterocycles. The van der Waals surface area contributed by atoms with Crippen LogP contribution in [0.25, 0.3) is 0 Å². The summed E-state index contributed by atoms with van der Waals surface area (Å²) in [5, 5.41) is 14.9. The van der Waals surface area contributed by atoms with Gasteiger partial charge in [-0.15, -0.1) is 11.3 Å². The number of anilines is 2. The molecule has 0 aliphatic rings. The Bertz CT molecular complexity index is 745. The standard InChI is InChI=1S/C15H15ClN2O4S/c1-3-10-8-11(15(19)22-4-2)14(23-10)17-12-6-5-9(16)7-13(12)18(20)21/h5-8,17H,3-4H2,1-2H3. The van der Waals surface area contributed by atoms with E-state index < -0.39 is 10.9 Å². The Morgan fingerprint density at radius 3 is 2.74 bits per heavy atom. The maximum atomic E-state index is 12.0. The molecule has 8 heteroatoms. The molecule has 0 unspecified atom stereocenters. The number of aryl methyl sites for hydroxylation is 1. The Hall–Kier alpha value is -2.12. The zero-order chi connectivity index (χ0) is 17.0. The van der Waals surface area contributed by atoms with E-state index in [-0.39, 0.29) is 23.0 Å². The minimum atomic E-state index is -0.521. The predicted molar refractivity (Wildman–Crippen MR) is 91.0 cm³/mol. The molecule has 1 N–H and O–H groups in total. The van der Waals surface area contributed by atoms with Crippen molar-refractivity contribution in [2.75, 3.05) is 11.9 Å². The average Bonchev–Trinajstić information content (AvgIpc) is 2.92. The number of nitro benzene ring substituents is 1. The fourth-order valence-electron chi connectivity index (χ4n) is 1.95. The van der Waals surface area contributed by atoms with E-state index in [1.165, 1.54) is 23.5 Å². The molecule has 0 radical (unpaired) electrons. The van der Waals surface area contributed by atoms with Gasteiger partial charge >= 0.3 is 5.97 Å². The molecular formula is C15H15ClN2O4S. The van der Waals surface area contributed by atoms with Crippen LogP contribution in [0, 0.1) is 10.1 Å². The lowest BCUT2D eigenvalue weighted by Crippen LogP contribution is -2.06. The van der Waals surface area contributed by atoms with Crippen molar-refractivity contribution in [1.82, 2.24) is 0 Å². The summed E-state index contributed by atoms with van der Waals surface area (Å²) in [5.74, 6) is -0.456. The van der Waals surface area contributed by atoms with Crippen molar-refractivity contribution in [3.8, 4) is 0 Å². The Morgan fingerprint density at radius 1 is 1.39 bits per heavy atom. The van der Waals surface area contributed by atoms with Crippen LogP contribution in [0.3, 0.4) is 0 Å². The van der Waals surface area contributed by atoms with Crippen molar-refractivity contribution in [2.45, 2.75) is 20.3 Å². The second-order valence-electron chi connectivity index (χ2n) is 4.57. The quantitative estimate of drug-likeness (QED) is 0.458. The molecule has 0 amide bonds. The van der Waals surface area contributed by atoms with Gasteiger partial charge in [-0.25, -0.2) is 4.79 Å². The molecule has 0 bridgehead atoms. The highest BCUT2D eigenvalue weighted by Gasteiger charge is 2.20. The van der Waals surface area contributed by atoms with Crippen LogP contribution in [0.2, 0.25) is 5.02 Å². The van der Waals surface area contributed by atoms with E-state index in [1.54, 1.807) is 19.1 Å². The fourth-order valence-corrected chi connectivity index (χ4v) is 3.12. The lowest BCUT2D eigenvalue weighted by Gasteiger charge is -2.08. The second kappa shape index (κ2) is 7.43. The van der Waals surface area contributed by atoms with Gasteiger partial charge in [0.1, 0.15) is 10.7 Å². The molecule has 1 aromatic heterocycles. The first kappa shape index (κ1) is 17.2. The number of nitro groups is 1. The van der Waals surface area contributed by atoms with Gasteiger partial charge in [0.25, 0.3) is 5.69 Å². The molecule has 0 spiro atoms. The number of benzene rings is 1. The molecule has 0 fully saturated rings. The molecule has 2 aromatic rings. The number of carbonyl (C=O) groups excluding carboxylic acids is 1. The number of hydrogen-bond donors (Lipinski definition) is 1. The first-order valence-electron chi connectivity index (χ1n) is 6.97. The van der Waals surface area contributed by atoms with Crippen LogP contribution in [0.5, 0.6) is 0 Å². The lowest BCUT2D eigenvalue weighted by molar-refractivity contribution is -0.383. The van der Waals surface area contributed by atoms with E-state index in [1.807, 2.05) is 6.92 Å². The molecule has 1 aromatic carbocycles. The number of nitrogens with one attached hydrogen (secondary N) is 1. The highest BCUT2D eigenvalue weighted by atomic mass is 35.5. The SMILES string of the molecule is CCOC(=O)c1cc(CC)sc1Nc1ccc(Cl)cc1[N+](=O)[O-]. The fraction of sp³-hybridized carbons (Fsp3) is 0.267. The second-order valence-corrected chi connectivity index (χ2v) is 6.15. The minimum Gasteiger partial charge on any atom is -0.462 e. The third-order valence-corrected chi connectivity index (χ3v) is 4.46. The number of halogens is 1. The molecule has 0 aliphatic carbocycles. The van der Waals surface area contributed by atoms with Gasteiger partial charge in [0, 0.05) is 16.0 Å². The molecule has 23 heavy (non-hydrogen) atoms. The first-order chi connectivity index (χ1) is 11.0. The van der Waals surface area contributed by atoms with Gasteiger partial charge in [-0.1, -0.05) is 18.5 Å². The van der Waals surface area contributed by atoms with Gasteiger partial charge in [0.15, 0.2) is 0 Å². The normalized spacial score (nSPS) is 10.4. The summed E-state index contributed by atoms with van der Waals surface area (Å²) >= 11 is 7.18. The number of hydrogen-bond acceptors (Lipinski definition) is 6. The van der Waals surface area contributed by atoms with Crippen LogP contribution in [0.1, 0.15) is 29.1 Å². The summed E-state index contributed by atoms with van der Waals surface area (Å²) in [6.45, 7) is 3.95. The zero-order valence-electron chi connectivity index (χ0n) is 12.6. The molecule has 6 nitrogen and oxygen atoms in total. The van der Waals surface area contributed by atoms with Crippen molar-refractivity contribution < 1.29 is 14.5 Å². The molecule has 0 aliphatic heterocycles. The van der Waals surface area contributed by atoms with Gasteiger partial charge in [-0.3, -0.25) is 10.1 Å². The van der Waals surface area contributed by atoms with Crippen molar-refractivity contribution in [3.63, 3.8) is 0 Å². The lowest BCUT2D eigenvalue weighted by atomic mass is 10.2. The number of thiophene rings is 1. The van der Waals surface area contributed by atoms with Crippen molar-refractivity contribution in [1.29, 1.82) is 0 Å². The summed E-state index contributed by atoms with van der Waals surface area (Å²) in [6, 6.07) is 6.07. The molecule has 0 saturated carbocycles. The van der Waals surface area contributed by atoms with Crippen LogP contribution in [-0.2, 0) is 11.2 Å². The third-order valence-electron chi connectivity index (χ3n) is 3.03. The topological polar surface area (TPSA) is 81.5 Å². The largest absolute Gasteiger partial charge is 0.462 e. The summed E-state index contributed by atoms with van der Waals surface area (Å²) < 4.78 is 5.03. The maximum Gasteiger partial charge on any atom is 0.341 e. The highest BCUT2D eigenvalue weighted by Crippen LogP contribution is 2.36. The molecule has 2 rings (SSSR count). The average molecular weight is 355 g/mol. The Balaban J connectivity index is 2.42. The maximum absolute atomic E-state index is 12.0. The van der Waals surface area contributed by atoms with E-state index in [0.29, 0.717) is 10.6 Å². The van der Waals surface area contributed by atoms with Crippen LogP contribution in [0.15, 0.2) is 24.3 Å². The Kier molecular flexibility index (Phi) is 5.57. The van der Waals surface area contributed by atoms with Crippen LogP contribution >= 0.6 is 22.9 Å². The smallest absolute Gasteiger partial charge is 0.341 e. The van der Waals surface area contributed by atoms with Gasteiger partial charge < -0.3 is 10.1 Å². The number of rotatable bonds is 6. The number of esters is 1. The molecule has 0 saturated heterocycles. The predicted octanol–water partition coefficient (Wildman–Crippen LogP) is 4.79. The van der Waals surface area contributed by atoms with E-state index in [4.69, 9.17) is 16.3 Å². The summed E-state index contributed by atoms with van der Waals surface area (Å²) in [4.78, 5) is 23.7. The van der Waals surface area contributed by atoms with Crippen molar-refractivity contribution in [2.24, 2.45) is 0 Å². The minimum absolute atomic E-state index is 0.154. The van der Waals surface area contributed by atoms with Gasteiger partial charge in [0.05, 0.1) is 17.1 Å². The molecule has 0 atom stereocenters. The van der Waals surface area contributed by atoms with E-state index in [2.05, 4.69) is 5.32 Å². The summed E-state index contributed by atoms with van der Waals surface area (Å²) in [7, 11) is 0. The number of carbonyl (C=O) groups is 1. The van der Waals surface area contributed by atoms with Gasteiger partial charge in [0.2, 0.25) is 0 Å². The van der Waals surface area contributed by atoms with Crippen molar-refractivity contribution >= 4 is 45.3 Å². The molecule has 122 valence electrons. The van der Waals surface area contributed by atoms with Crippen LogP contribution in [-0.4, -0.2) is 17.5 Å². The number of nitrogens with zero attached hydrogens (tertiary/aromatic N) is 1. The van der Waals surface area contributed by atoms with Crippen molar-refractivity contribution in [3.05, 3.63) is 49.8 Å². The first-order valence-corrected chi connectivity index (χ1v) is 8.16. The van der Waals surface area contributed by atoms with E-state index >= 15 is 0 Å². The molecular weight excluding hydrogens is 340 g/mol. The Labute approximate surface area is 142 Å². The van der Waals surface area contributed by atoms with Crippen LogP contribution < -0.4 is 5.32 Å². The van der Waals surface area contributed by atoms with Gasteiger partial charge in [-0.05, 0) is 31.5 Å². The third kappa shape index (κ3) is 4.00.